The van der Waals surface area contributed by atoms with Gasteiger partial charge in [0.1, 0.15) is 0 Å². The minimum absolute atomic E-state index is 0.719. The number of hydrogen-bond donors (Lipinski definition) is 1. The smallest absolute Gasteiger partial charge is 0.0157 e. The van der Waals surface area contributed by atoms with Crippen LogP contribution >= 0.6 is 11.8 Å². The maximum absolute atomic E-state index is 3.46. The fraction of sp³-hybridized carbons (Fsp3) is 1.00. The van der Waals surface area contributed by atoms with E-state index in [-0.39, 0.29) is 0 Å². The normalized spacial score (nSPS) is 15.2. The highest BCUT2D eigenvalue weighted by Gasteiger charge is 2.13. The van der Waals surface area contributed by atoms with Gasteiger partial charge in [0, 0.05) is 11.8 Å². The highest BCUT2D eigenvalue weighted by molar-refractivity contribution is 7.99. The van der Waals surface area contributed by atoms with Gasteiger partial charge in [-0.3, -0.25) is 0 Å². The molecule has 15 heavy (non-hydrogen) atoms. The van der Waals surface area contributed by atoms with Crippen LogP contribution in [0.2, 0.25) is 0 Å². The van der Waals surface area contributed by atoms with E-state index in [9.17, 15) is 0 Å². The molecule has 92 valence electrons. The van der Waals surface area contributed by atoms with E-state index >= 15 is 0 Å². The van der Waals surface area contributed by atoms with Crippen molar-refractivity contribution in [2.24, 2.45) is 5.92 Å². The lowest BCUT2D eigenvalue weighted by atomic mass is 9.93. The molecule has 0 fully saturated rings. The van der Waals surface area contributed by atoms with E-state index < -0.39 is 0 Å². The van der Waals surface area contributed by atoms with Crippen LogP contribution in [0.15, 0.2) is 0 Å². The Kier molecular flexibility index (Phi) is 11.0. The summed E-state index contributed by atoms with van der Waals surface area (Å²) in [7, 11) is 2.10. The van der Waals surface area contributed by atoms with E-state index in [0.717, 1.165) is 12.0 Å². The topological polar surface area (TPSA) is 12.0 Å². The molecule has 0 rings (SSSR count). The maximum atomic E-state index is 3.46. The van der Waals surface area contributed by atoms with E-state index in [1.165, 1.54) is 43.6 Å². The lowest BCUT2D eigenvalue weighted by Gasteiger charge is -2.22. The first kappa shape index (κ1) is 15.3. The molecule has 2 heteroatoms. The van der Waals surface area contributed by atoms with Crippen LogP contribution in [0.1, 0.15) is 52.9 Å². The molecule has 2 atom stereocenters. The molecule has 0 aliphatic rings. The van der Waals surface area contributed by atoms with Crippen molar-refractivity contribution in [2.45, 2.75) is 58.9 Å². The second-order valence-corrected chi connectivity index (χ2v) is 5.62. The molecule has 1 nitrogen and oxygen atoms in total. The molecule has 0 heterocycles. The van der Waals surface area contributed by atoms with Crippen molar-refractivity contribution in [1.82, 2.24) is 5.32 Å². The molecule has 0 bridgehead atoms. The van der Waals surface area contributed by atoms with Gasteiger partial charge in [-0.25, -0.2) is 0 Å². The minimum atomic E-state index is 0.719. The molecule has 2 unspecified atom stereocenters. The van der Waals surface area contributed by atoms with Crippen molar-refractivity contribution in [2.75, 3.05) is 18.6 Å². The lowest BCUT2D eigenvalue weighted by Crippen LogP contribution is -2.30. The molecule has 0 spiro atoms. The molecule has 0 aliphatic heterocycles. The van der Waals surface area contributed by atoms with Crippen LogP contribution in [0.3, 0.4) is 0 Å². The highest BCUT2D eigenvalue weighted by atomic mass is 32.2. The average Bonchev–Trinajstić information content (AvgIpc) is 2.28. The third-order valence-corrected chi connectivity index (χ3v) is 4.14. The van der Waals surface area contributed by atoms with E-state index in [4.69, 9.17) is 0 Å². The number of thioether (sulfide) groups is 1. The number of nitrogens with one attached hydrogen (secondary N) is 1. The standard InChI is InChI=1S/C13H29NS/c1-5-8-9-12(6-2)10-13(14-4)11-15-7-3/h12-14H,5-11H2,1-4H3. The second-order valence-electron chi connectivity index (χ2n) is 4.30. The quantitative estimate of drug-likeness (QED) is 0.611. The summed E-state index contributed by atoms with van der Waals surface area (Å²) in [5.74, 6) is 3.44. The van der Waals surface area contributed by atoms with E-state index in [2.05, 4.69) is 44.9 Å². The zero-order chi connectivity index (χ0) is 11.5. The van der Waals surface area contributed by atoms with Crippen LogP contribution in [0, 0.1) is 5.92 Å². The molecule has 1 N–H and O–H groups in total. The molecular weight excluding hydrogens is 202 g/mol. The van der Waals surface area contributed by atoms with Crippen molar-refractivity contribution in [3.05, 3.63) is 0 Å². The second kappa shape index (κ2) is 10.8. The van der Waals surface area contributed by atoms with E-state index in [0.29, 0.717) is 0 Å². The van der Waals surface area contributed by atoms with Crippen LogP contribution in [0.25, 0.3) is 0 Å². The van der Waals surface area contributed by atoms with Crippen molar-refractivity contribution < 1.29 is 0 Å². The van der Waals surface area contributed by atoms with Crippen LogP contribution in [0.4, 0.5) is 0 Å². The maximum Gasteiger partial charge on any atom is 0.0157 e. The Balaban J connectivity index is 3.77. The summed E-state index contributed by atoms with van der Waals surface area (Å²) in [5.41, 5.74) is 0. The van der Waals surface area contributed by atoms with Crippen LogP contribution in [-0.4, -0.2) is 24.6 Å². The highest BCUT2D eigenvalue weighted by Crippen LogP contribution is 2.20. The SMILES string of the molecule is CCCCC(CC)CC(CSCC)NC. The monoisotopic (exact) mass is 231 g/mol. The largest absolute Gasteiger partial charge is 0.316 e. The summed E-state index contributed by atoms with van der Waals surface area (Å²) < 4.78 is 0. The van der Waals surface area contributed by atoms with Crippen LogP contribution in [0.5, 0.6) is 0 Å². The van der Waals surface area contributed by atoms with Crippen molar-refractivity contribution in [3.8, 4) is 0 Å². The average molecular weight is 231 g/mol. The van der Waals surface area contributed by atoms with E-state index in [1.807, 2.05) is 0 Å². The molecule has 0 saturated carbocycles. The Hall–Kier alpha value is 0.310. The van der Waals surface area contributed by atoms with Gasteiger partial charge >= 0.3 is 0 Å². The predicted molar refractivity (Wildman–Crippen MR) is 73.8 cm³/mol. The molecule has 0 aliphatic carbocycles. The first-order valence-electron chi connectivity index (χ1n) is 6.53. The molecule has 0 aromatic carbocycles. The van der Waals surface area contributed by atoms with Gasteiger partial charge in [0.2, 0.25) is 0 Å². The molecule has 0 radical (unpaired) electrons. The Labute approximate surface area is 101 Å². The zero-order valence-corrected chi connectivity index (χ0v) is 11.8. The third-order valence-electron chi connectivity index (χ3n) is 3.09. The molecule has 0 saturated heterocycles. The molecule has 0 aromatic heterocycles. The van der Waals surface area contributed by atoms with Crippen LogP contribution < -0.4 is 5.32 Å². The minimum Gasteiger partial charge on any atom is -0.316 e. The third kappa shape index (κ3) is 8.15. The zero-order valence-electron chi connectivity index (χ0n) is 11.0. The molecular formula is C13H29NS. The molecule has 0 aromatic rings. The van der Waals surface area contributed by atoms with Gasteiger partial charge in [0.25, 0.3) is 0 Å². The van der Waals surface area contributed by atoms with Crippen molar-refractivity contribution in [1.29, 1.82) is 0 Å². The molecule has 0 amide bonds. The summed E-state index contributed by atoms with van der Waals surface area (Å²) in [5, 5.41) is 3.46. The summed E-state index contributed by atoms with van der Waals surface area (Å²) in [6.07, 6.45) is 6.86. The van der Waals surface area contributed by atoms with Gasteiger partial charge < -0.3 is 5.32 Å². The Morgan fingerprint density at radius 3 is 2.40 bits per heavy atom. The van der Waals surface area contributed by atoms with Gasteiger partial charge in [-0.1, -0.05) is 46.5 Å². The first-order chi connectivity index (χ1) is 7.28. The number of rotatable bonds is 10. The number of hydrogen-bond acceptors (Lipinski definition) is 2. The van der Waals surface area contributed by atoms with Crippen molar-refractivity contribution >= 4 is 11.8 Å². The number of unbranched alkanes of at least 4 members (excludes halogenated alkanes) is 1. The summed E-state index contributed by atoms with van der Waals surface area (Å²) in [6, 6.07) is 0.719. The summed E-state index contributed by atoms with van der Waals surface area (Å²) in [6.45, 7) is 6.86. The Bertz CT molecular complexity index is 114. The fourth-order valence-electron chi connectivity index (χ4n) is 1.91. The lowest BCUT2D eigenvalue weighted by molar-refractivity contribution is 0.375. The van der Waals surface area contributed by atoms with Gasteiger partial charge in [-0.05, 0) is 25.1 Å². The van der Waals surface area contributed by atoms with Gasteiger partial charge in [0.15, 0.2) is 0 Å². The Morgan fingerprint density at radius 1 is 1.20 bits per heavy atom. The van der Waals surface area contributed by atoms with Crippen LogP contribution in [-0.2, 0) is 0 Å². The summed E-state index contributed by atoms with van der Waals surface area (Å²) in [4.78, 5) is 0. The van der Waals surface area contributed by atoms with E-state index in [1.54, 1.807) is 0 Å². The van der Waals surface area contributed by atoms with Gasteiger partial charge in [0.05, 0.1) is 0 Å². The van der Waals surface area contributed by atoms with Gasteiger partial charge in [-0.2, -0.15) is 11.8 Å². The predicted octanol–water partition coefficient (Wildman–Crippen LogP) is 3.93. The summed E-state index contributed by atoms with van der Waals surface area (Å²) >= 11 is 2.05. The Morgan fingerprint density at radius 2 is 1.93 bits per heavy atom. The van der Waals surface area contributed by atoms with Gasteiger partial charge in [-0.15, -0.1) is 0 Å². The van der Waals surface area contributed by atoms with Crippen molar-refractivity contribution in [3.63, 3.8) is 0 Å². The fourth-order valence-corrected chi connectivity index (χ4v) is 2.74. The first-order valence-corrected chi connectivity index (χ1v) is 7.68.